The summed E-state index contributed by atoms with van der Waals surface area (Å²) in [6, 6.07) is 15.6. The largest absolute Gasteiger partial charge is 0.380 e. The van der Waals surface area contributed by atoms with Gasteiger partial charge in [-0.25, -0.2) is 0 Å². The summed E-state index contributed by atoms with van der Waals surface area (Å²) in [6.45, 7) is 0. The lowest BCUT2D eigenvalue weighted by Gasteiger charge is -2.24. The van der Waals surface area contributed by atoms with Gasteiger partial charge in [0.25, 0.3) is 0 Å². The van der Waals surface area contributed by atoms with Crippen LogP contribution in [-0.4, -0.2) is 8.42 Å². The van der Waals surface area contributed by atoms with Gasteiger partial charge in [0.15, 0.2) is 0 Å². The Morgan fingerprint density at radius 3 is 2.62 bits per heavy atom. The SMILES string of the molecule is NS(=O)(=O)Oc1ccc2c(c1)S[C@@H](c1ccccc1)CC2. The topological polar surface area (TPSA) is 69.4 Å². The van der Waals surface area contributed by atoms with E-state index >= 15 is 0 Å². The lowest BCUT2D eigenvalue weighted by molar-refractivity contribution is 0.486. The quantitative estimate of drug-likeness (QED) is 0.943. The first-order valence-corrected chi connectivity index (χ1v) is 8.93. The highest BCUT2D eigenvalue weighted by atomic mass is 32.2. The van der Waals surface area contributed by atoms with Crippen LogP contribution in [-0.2, 0) is 16.7 Å². The van der Waals surface area contributed by atoms with Crippen LogP contribution in [0, 0.1) is 0 Å². The Kier molecular flexibility index (Phi) is 3.93. The molecule has 4 nitrogen and oxygen atoms in total. The summed E-state index contributed by atoms with van der Waals surface area (Å²) < 4.78 is 26.8. The van der Waals surface area contributed by atoms with Crippen LogP contribution in [0.15, 0.2) is 53.4 Å². The summed E-state index contributed by atoms with van der Waals surface area (Å²) >= 11 is 1.73. The first kappa shape index (κ1) is 14.4. The molecule has 0 spiro atoms. The zero-order valence-electron chi connectivity index (χ0n) is 11.2. The molecule has 0 radical (unpaired) electrons. The Labute approximate surface area is 128 Å². The Hall–Kier alpha value is -1.50. The second-order valence-corrected chi connectivity index (χ2v) is 7.30. The second-order valence-electron chi connectivity index (χ2n) is 4.90. The Bertz CT molecular complexity index is 745. The molecule has 0 unspecified atom stereocenters. The average Bonchev–Trinajstić information content (AvgIpc) is 2.46. The normalized spacial score (nSPS) is 18.0. The summed E-state index contributed by atoms with van der Waals surface area (Å²) in [7, 11) is -3.98. The molecule has 3 rings (SSSR count). The van der Waals surface area contributed by atoms with Gasteiger partial charge in [0.1, 0.15) is 5.75 Å². The van der Waals surface area contributed by atoms with Crippen molar-refractivity contribution in [2.24, 2.45) is 5.14 Å². The molecule has 6 heteroatoms. The van der Waals surface area contributed by atoms with Gasteiger partial charge in [0, 0.05) is 10.1 Å². The number of rotatable bonds is 3. The molecule has 110 valence electrons. The Morgan fingerprint density at radius 1 is 1.14 bits per heavy atom. The van der Waals surface area contributed by atoms with Crippen molar-refractivity contribution in [3.8, 4) is 5.75 Å². The van der Waals surface area contributed by atoms with Crippen LogP contribution < -0.4 is 9.32 Å². The highest BCUT2D eigenvalue weighted by molar-refractivity contribution is 7.99. The zero-order chi connectivity index (χ0) is 14.9. The fourth-order valence-corrected chi connectivity index (χ4v) is 4.15. The minimum Gasteiger partial charge on any atom is -0.371 e. The van der Waals surface area contributed by atoms with E-state index in [-0.39, 0.29) is 5.75 Å². The van der Waals surface area contributed by atoms with Crippen LogP contribution >= 0.6 is 11.8 Å². The molecule has 1 aliphatic heterocycles. The van der Waals surface area contributed by atoms with E-state index in [0.717, 1.165) is 17.7 Å². The van der Waals surface area contributed by atoms with E-state index in [1.807, 2.05) is 24.3 Å². The van der Waals surface area contributed by atoms with Crippen LogP contribution in [0.4, 0.5) is 0 Å². The van der Waals surface area contributed by atoms with Gasteiger partial charge in [0.2, 0.25) is 0 Å². The molecule has 0 bridgehead atoms. The third-order valence-corrected chi connectivity index (χ3v) is 5.22. The number of aryl methyl sites for hydroxylation is 1. The molecule has 2 aromatic rings. The first-order chi connectivity index (χ1) is 10.0. The molecule has 0 amide bonds. The van der Waals surface area contributed by atoms with Gasteiger partial charge in [-0.15, -0.1) is 11.8 Å². The monoisotopic (exact) mass is 321 g/mol. The number of nitrogens with two attached hydrogens (primary N) is 1. The van der Waals surface area contributed by atoms with E-state index in [1.54, 1.807) is 23.9 Å². The third kappa shape index (κ3) is 3.58. The van der Waals surface area contributed by atoms with Crippen LogP contribution in [0.3, 0.4) is 0 Å². The van der Waals surface area contributed by atoms with Crippen LogP contribution in [0.1, 0.15) is 22.8 Å². The van der Waals surface area contributed by atoms with Crippen molar-refractivity contribution >= 4 is 22.1 Å². The predicted octanol–water partition coefficient (Wildman–Crippen LogP) is 3.05. The van der Waals surface area contributed by atoms with Crippen LogP contribution in [0.25, 0.3) is 0 Å². The molecular formula is C15H15NO3S2. The lowest BCUT2D eigenvalue weighted by Crippen LogP contribution is -2.19. The average molecular weight is 321 g/mol. The second kappa shape index (κ2) is 5.71. The fraction of sp³-hybridized carbons (Fsp3) is 0.200. The first-order valence-electron chi connectivity index (χ1n) is 6.58. The molecule has 0 aromatic heterocycles. The van der Waals surface area contributed by atoms with Gasteiger partial charge in [-0.1, -0.05) is 36.4 Å². The summed E-state index contributed by atoms with van der Waals surface area (Å²) in [5, 5.41) is 5.28. The van der Waals surface area contributed by atoms with E-state index < -0.39 is 10.3 Å². The summed E-state index contributed by atoms with van der Waals surface area (Å²) in [5.41, 5.74) is 2.50. The fourth-order valence-electron chi connectivity index (χ4n) is 2.44. The highest BCUT2D eigenvalue weighted by Gasteiger charge is 2.21. The van der Waals surface area contributed by atoms with E-state index in [9.17, 15) is 8.42 Å². The maximum absolute atomic E-state index is 11.0. The molecular weight excluding hydrogens is 306 g/mol. The van der Waals surface area contributed by atoms with Crippen LogP contribution in [0.2, 0.25) is 0 Å². The number of benzene rings is 2. The number of fused-ring (bicyclic) bond motifs is 1. The smallest absolute Gasteiger partial charge is 0.371 e. The summed E-state index contributed by atoms with van der Waals surface area (Å²) in [5.74, 6) is 0.262. The van der Waals surface area contributed by atoms with Crippen molar-refractivity contribution in [2.75, 3.05) is 0 Å². The third-order valence-electron chi connectivity index (χ3n) is 3.37. The maximum atomic E-state index is 11.0. The predicted molar refractivity (Wildman–Crippen MR) is 83.5 cm³/mol. The lowest BCUT2D eigenvalue weighted by atomic mass is 10.0. The number of hydrogen-bond acceptors (Lipinski definition) is 4. The van der Waals surface area contributed by atoms with E-state index in [2.05, 4.69) is 12.1 Å². The molecule has 0 fully saturated rings. The zero-order valence-corrected chi connectivity index (χ0v) is 12.9. The molecule has 0 saturated heterocycles. The minimum atomic E-state index is -3.98. The van der Waals surface area contributed by atoms with Gasteiger partial charge in [-0.2, -0.15) is 13.6 Å². The molecule has 2 N–H and O–H groups in total. The highest BCUT2D eigenvalue weighted by Crippen LogP contribution is 2.45. The molecule has 0 aliphatic carbocycles. The van der Waals surface area contributed by atoms with Gasteiger partial charge >= 0.3 is 10.3 Å². The van der Waals surface area contributed by atoms with Crippen molar-refractivity contribution < 1.29 is 12.6 Å². The minimum absolute atomic E-state index is 0.262. The van der Waals surface area contributed by atoms with Crippen molar-refractivity contribution in [2.45, 2.75) is 23.0 Å². The van der Waals surface area contributed by atoms with Crippen molar-refractivity contribution in [3.63, 3.8) is 0 Å². The Morgan fingerprint density at radius 2 is 1.90 bits per heavy atom. The van der Waals surface area contributed by atoms with Crippen molar-refractivity contribution in [3.05, 3.63) is 59.7 Å². The molecule has 1 heterocycles. The molecule has 21 heavy (non-hydrogen) atoms. The van der Waals surface area contributed by atoms with Gasteiger partial charge in [-0.05, 0) is 36.1 Å². The van der Waals surface area contributed by atoms with Crippen LogP contribution in [0.5, 0.6) is 5.75 Å². The number of hydrogen-bond donors (Lipinski definition) is 1. The van der Waals surface area contributed by atoms with Crippen molar-refractivity contribution in [1.82, 2.24) is 0 Å². The Balaban J connectivity index is 1.86. The van der Waals surface area contributed by atoms with Crippen molar-refractivity contribution in [1.29, 1.82) is 0 Å². The van der Waals surface area contributed by atoms with Gasteiger partial charge < -0.3 is 4.18 Å². The summed E-state index contributed by atoms with van der Waals surface area (Å²) in [4.78, 5) is 1.05. The van der Waals surface area contributed by atoms with Gasteiger partial charge in [-0.3, -0.25) is 0 Å². The molecule has 1 aliphatic rings. The van der Waals surface area contributed by atoms with E-state index in [1.165, 1.54) is 11.1 Å². The number of thioether (sulfide) groups is 1. The molecule has 1 atom stereocenters. The summed E-state index contributed by atoms with van der Waals surface area (Å²) in [6.07, 6.45) is 2.04. The van der Waals surface area contributed by atoms with E-state index in [0.29, 0.717) is 5.25 Å². The molecule has 2 aromatic carbocycles. The van der Waals surface area contributed by atoms with Gasteiger partial charge in [0.05, 0.1) is 0 Å². The standard InChI is InChI=1S/C15H15NO3S2/c16-21(17,18)19-13-8-6-12-7-9-14(20-15(12)10-13)11-4-2-1-3-5-11/h1-6,8,10,14H,7,9H2,(H2,16,17,18)/t14-/m1/s1. The molecule has 0 saturated carbocycles. The maximum Gasteiger partial charge on any atom is 0.380 e. The van der Waals surface area contributed by atoms with E-state index in [4.69, 9.17) is 9.32 Å².